The van der Waals surface area contributed by atoms with E-state index in [-0.39, 0.29) is 4.70 Å². The summed E-state index contributed by atoms with van der Waals surface area (Å²) in [5, 5.41) is 0. The summed E-state index contributed by atoms with van der Waals surface area (Å²) >= 11 is 0. The predicted molar refractivity (Wildman–Crippen MR) is 18.9 cm³/mol. The molecule has 0 amide bonds. The molecule has 0 aliphatic rings. The maximum Gasteiger partial charge on any atom is 0.448 e. The van der Waals surface area contributed by atoms with Crippen molar-refractivity contribution in [2.75, 3.05) is 0 Å². The van der Waals surface area contributed by atoms with Crippen LogP contribution in [0.3, 0.4) is 0 Å². The van der Waals surface area contributed by atoms with Crippen LogP contribution in [0.4, 0.5) is 31.0 Å². The van der Waals surface area contributed by atoms with Gasteiger partial charge in [0.15, 0.2) is 0 Å². The number of allylic oxidation sites excluding steroid dienone is 1. The summed E-state index contributed by atoms with van der Waals surface area (Å²) in [5.74, 6) is -3.33. The van der Waals surface area contributed by atoms with Crippen LogP contribution in [0.2, 0.25) is 0 Å². The number of hydrogen-bond acceptors (Lipinski definition) is 0. The van der Waals surface area contributed by atoms with Gasteiger partial charge in [-0.2, -0.15) is 26.3 Å². The van der Waals surface area contributed by atoms with Crippen LogP contribution in [0.1, 0.15) is 0 Å². The maximum absolute atomic E-state index is 11.0. The lowest BCUT2D eigenvalue weighted by Gasteiger charge is -1.98. The summed E-state index contributed by atoms with van der Waals surface area (Å²) < 4.78 is 64.8. The van der Waals surface area contributed by atoms with Crippen LogP contribution in [0.15, 0.2) is 11.9 Å². The molecule has 0 spiro atoms. The largest absolute Gasteiger partial charge is 0.448 e. The molecule has 0 unspecified atom stereocenters. The van der Waals surface area contributed by atoms with E-state index >= 15 is 0 Å². The van der Waals surface area contributed by atoms with E-state index in [1.54, 1.807) is 0 Å². The maximum atomic E-state index is 11.0. The Kier molecular flexibility index (Phi) is 4.10. The van der Waals surface area contributed by atoms with Gasteiger partial charge in [-0.15, -0.1) is 0 Å². The molecule has 0 aliphatic carbocycles. The van der Waals surface area contributed by atoms with Crippen molar-refractivity contribution in [1.82, 2.24) is 0 Å². The van der Waals surface area contributed by atoms with E-state index in [2.05, 4.69) is 0 Å². The van der Waals surface area contributed by atoms with E-state index in [4.69, 9.17) is 0 Å². The third-order valence-corrected chi connectivity index (χ3v) is 0.415. The van der Waals surface area contributed by atoms with Gasteiger partial charge in [0.1, 0.15) is 0 Å². The zero-order chi connectivity index (χ0) is 7.65. The monoisotopic (exact) mass is 170 g/mol. The molecule has 0 aromatic carbocycles. The van der Waals surface area contributed by atoms with Gasteiger partial charge < -0.3 is 0 Å². The highest BCUT2D eigenvalue weighted by Gasteiger charge is 2.38. The first-order valence-electron chi connectivity index (χ1n) is 1.63. The van der Waals surface area contributed by atoms with Crippen molar-refractivity contribution in [2.24, 2.45) is 0 Å². The molecule has 0 heterocycles. The molecule has 0 nitrogen and oxygen atoms in total. The Bertz CT molecular complexity index is 126. The summed E-state index contributed by atoms with van der Waals surface area (Å²) in [6.45, 7) is 0. The van der Waals surface area contributed by atoms with Crippen molar-refractivity contribution in [3.8, 4) is 0 Å². The minimum atomic E-state index is -5.56. The number of alkyl halides is 3. The summed E-state index contributed by atoms with van der Waals surface area (Å²) in [6, 6.07) is 0. The fourth-order valence-electron chi connectivity index (χ4n) is 0.107. The molecule has 7 heteroatoms. The van der Waals surface area contributed by atoms with Crippen LogP contribution < -0.4 is 0 Å². The fourth-order valence-corrected chi connectivity index (χ4v) is 0.107. The molecular formula is C3HF7. The van der Waals surface area contributed by atoms with Crippen molar-refractivity contribution in [3.63, 3.8) is 0 Å². The van der Waals surface area contributed by atoms with E-state index in [0.29, 0.717) is 0 Å². The second-order valence-corrected chi connectivity index (χ2v) is 1.07. The van der Waals surface area contributed by atoms with E-state index in [1.165, 1.54) is 0 Å². The van der Waals surface area contributed by atoms with Gasteiger partial charge in [0.05, 0.1) is 0 Å². The van der Waals surface area contributed by atoms with E-state index in [1.807, 2.05) is 0 Å². The van der Waals surface area contributed by atoms with Crippen LogP contribution in [0.5, 0.6) is 0 Å². The summed E-state index contributed by atoms with van der Waals surface area (Å²) in [6.07, 6.45) is -8.90. The van der Waals surface area contributed by atoms with Gasteiger partial charge in [-0.05, 0) is 0 Å². The summed E-state index contributed by atoms with van der Waals surface area (Å²) in [4.78, 5) is 0. The Morgan fingerprint density at radius 3 is 1.20 bits per heavy atom. The standard InChI is InChI=1S/C3F6.FH/c4-1(2(5)6)3(7,8)9;/h;1H. The van der Waals surface area contributed by atoms with Gasteiger partial charge >= 0.3 is 12.3 Å². The lowest BCUT2D eigenvalue weighted by atomic mass is 10.6. The SMILES string of the molecule is F.FC(F)=C(F)C(F)(F)F. The molecule has 0 radical (unpaired) electrons. The average Bonchev–Trinajstić information content (AvgIpc) is 1.62. The normalized spacial score (nSPS) is 10.2. The highest BCUT2D eigenvalue weighted by molar-refractivity contribution is 4.98. The van der Waals surface area contributed by atoms with Crippen LogP contribution in [0, 0.1) is 0 Å². The molecular weight excluding hydrogens is 169 g/mol. The second kappa shape index (κ2) is 3.43. The minimum absolute atomic E-state index is 0. The van der Waals surface area contributed by atoms with Crippen molar-refractivity contribution >= 4 is 0 Å². The Balaban J connectivity index is 0. The molecule has 0 bridgehead atoms. The van der Waals surface area contributed by atoms with Crippen LogP contribution >= 0.6 is 0 Å². The zero-order valence-electron chi connectivity index (χ0n) is 4.18. The number of rotatable bonds is 0. The van der Waals surface area contributed by atoms with E-state index in [9.17, 15) is 26.3 Å². The zero-order valence-corrected chi connectivity index (χ0v) is 4.18. The van der Waals surface area contributed by atoms with Gasteiger partial charge in [0.2, 0.25) is 0 Å². The summed E-state index contributed by atoms with van der Waals surface area (Å²) in [5.41, 5.74) is 0. The molecule has 0 rings (SSSR count). The number of halogens is 7. The van der Waals surface area contributed by atoms with E-state index in [0.717, 1.165) is 0 Å². The Labute approximate surface area is 50.5 Å². The van der Waals surface area contributed by atoms with Crippen molar-refractivity contribution < 1.29 is 31.0 Å². The highest BCUT2D eigenvalue weighted by atomic mass is 19.4. The van der Waals surface area contributed by atoms with Crippen molar-refractivity contribution in [2.45, 2.75) is 6.18 Å². The highest BCUT2D eigenvalue weighted by Crippen LogP contribution is 2.29. The minimum Gasteiger partial charge on any atom is -0.269 e. The van der Waals surface area contributed by atoms with Gasteiger partial charge in [-0.25, -0.2) is 0 Å². The fraction of sp³-hybridized carbons (Fsp3) is 0.333. The molecule has 0 saturated heterocycles. The second-order valence-electron chi connectivity index (χ2n) is 1.07. The smallest absolute Gasteiger partial charge is 0.269 e. The Morgan fingerprint density at radius 1 is 0.900 bits per heavy atom. The molecule has 0 N–H and O–H groups in total. The summed E-state index contributed by atoms with van der Waals surface area (Å²) in [7, 11) is 0. The lowest BCUT2D eigenvalue weighted by Crippen LogP contribution is -2.08. The van der Waals surface area contributed by atoms with Crippen molar-refractivity contribution in [3.05, 3.63) is 11.9 Å². The van der Waals surface area contributed by atoms with Crippen LogP contribution in [-0.2, 0) is 0 Å². The van der Waals surface area contributed by atoms with Gasteiger partial charge in [-0.1, -0.05) is 0 Å². The predicted octanol–water partition coefficient (Wildman–Crippen LogP) is 2.78. The van der Waals surface area contributed by atoms with Gasteiger partial charge in [0, 0.05) is 0 Å². The Hall–Kier alpha value is -0.750. The van der Waals surface area contributed by atoms with Gasteiger partial charge in [0.25, 0.3) is 5.83 Å². The van der Waals surface area contributed by atoms with Crippen LogP contribution in [-0.4, -0.2) is 6.18 Å². The average molecular weight is 170 g/mol. The number of hydrogen-bond donors (Lipinski definition) is 0. The van der Waals surface area contributed by atoms with Crippen LogP contribution in [0.25, 0.3) is 0 Å². The molecule has 0 atom stereocenters. The quantitative estimate of drug-likeness (QED) is 0.490. The topological polar surface area (TPSA) is 0 Å². The first-order chi connectivity index (χ1) is 3.85. The molecule has 62 valence electrons. The Morgan fingerprint density at radius 2 is 1.20 bits per heavy atom. The lowest BCUT2D eigenvalue weighted by molar-refractivity contribution is -0.113. The molecule has 10 heavy (non-hydrogen) atoms. The first-order valence-corrected chi connectivity index (χ1v) is 1.63. The third-order valence-electron chi connectivity index (χ3n) is 0.415. The van der Waals surface area contributed by atoms with Crippen molar-refractivity contribution in [1.29, 1.82) is 0 Å². The van der Waals surface area contributed by atoms with Gasteiger partial charge in [-0.3, -0.25) is 4.70 Å². The molecule has 0 aliphatic heterocycles. The first kappa shape index (κ1) is 12.0. The molecule has 0 saturated carbocycles. The molecule has 0 fully saturated rings. The molecule has 0 aromatic rings. The third kappa shape index (κ3) is 3.31. The van der Waals surface area contributed by atoms with E-state index < -0.39 is 18.1 Å². The molecule has 0 aromatic heterocycles.